The highest BCUT2D eigenvalue weighted by atomic mass is 32.8. The minimum Gasteiger partial charge on any atom is -0.378 e. The van der Waals surface area contributed by atoms with E-state index in [-0.39, 0.29) is 4.90 Å². The van der Waals surface area contributed by atoms with Gasteiger partial charge in [-0.3, -0.25) is 0 Å². The molecule has 1 N–H and O–H groups in total. The summed E-state index contributed by atoms with van der Waals surface area (Å²) in [5.41, 5.74) is 0.974. The van der Waals surface area contributed by atoms with E-state index in [9.17, 15) is 4.21 Å². The minimum atomic E-state index is -3.23. The molecule has 0 fully saturated rings. The van der Waals surface area contributed by atoms with E-state index in [1.54, 1.807) is 24.3 Å². The normalized spacial score (nSPS) is 15.0. The molecule has 0 spiro atoms. The highest BCUT2D eigenvalue weighted by molar-refractivity contribution is 8.29. The summed E-state index contributed by atoms with van der Waals surface area (Å²) in [6.45, 7) is 0. The molecular formula is C8H11NO2S2. The van der Waals surface area contributed by atoms with E-state index in [0.717, 1.165) is 5.69 Å². The number of hydrogen-bond donors (Lipinski definition) is 1. The Kier molecular flexibility index (Phi) is 2.90. The van der Waals surface area contributed by atoms with Gasteiger partial charge >= 0.3 is 0 Å². The molecule has 13 heavy (non-hydrogen) atoms. The fourth-order valence-electron chi connectivity index (χ4n) is 0.916. The molecule has 1 atom stereocenters. The van der Waals surface area contributed by atoms with E-state index in [2.05, 4.69) is 11.2 Å². The monoisotopic (exact) mass is 217 g/mol. The van der Waals surface area contributed by atoms with Crippen LogP contribution in [0.2, 0.25) is 0 Å². The topological polar surface area (TPSA) is 40.5 Å². The quantitative estimate of drug-likeness (QED) is 0.811. The number of hydrogen-bond acceptors (Lipinski definition) is 3. The zero-order valence-corrected chi connectivity index (χ0v) is 9.06. The Morgan fingerprint density at radius 2 is 1.77 bits per heavy atom. The summed E-state index contributed by atoms with van der Waals surface area (Å²) in [7, 11) is 0.573. The highest BCUT2D eigenvalue weighted by Crippen LogP contribution is 2.15. The Hall–Kier alpha value is -0.650. The van der Waals surface area contributed by atoms with E-state index < -0.39 is 8.77 Å². The van der Waals surface area contributed by atoms with Crippen LogP contribution in [0.3, 0.4) is 0 Å². The summed E-state index contributed by atoms with van der Waals surface area (Å²) < 4.78 is 20.1. The third-order valence-electron chi connectivity index (χ3n) is 1.65. The SMILES string of the molecule is CN(C)c1ccc(S(=O)(O)=S)cc1. The summed E-state index contributed by atoms with van der Waals surface area (Å²) >= 11 is 4.43. The maximum Gasteiger partial charge on any atom is 0.171 e. The van der Waals surface area contributed by atoms with Crippen molar-refractivity contribution in [2.24, 2.45) is 0 Å². The van der Waals surface area contributed by atoms with Crippen molar-refractivity contribution in [3.8, 4) is 0 Å². The number of benzene rings is 1. The molecule has 0 aliphatic carbocycles. The van der Waals surface area contributed by atoms with E-state index in [4.69, 9.17) is 4.55 Å². The van der Waals surface area contributed by atoms with E-state index >= 15 is 0 Å². The first-order valence-corrected chi connectivity index (χ1v) is 6.10. The van der Waals surface area contributed by atoms with Crippen molar-refractivity contribution in [3.05, 3.63) is 24.3 Å². The number of rotatable bonds is 2. The highest BCUT2D eigenvalue weighted by Gasteiger charge is 2.04. The lowest BCUT2D eigenvalue weighted by atomic mass is 10.3. The summed E-state index contributed by atoms with van der Waals surface area (Å²) in [5.74, 6) is 0. The van der Waals surface area contributed by atoms with Gasteiger partial charge in [0, 0.05) is 31.0 Å². The van der Waals surface area contributed by atoms with Gasteiger partial charge in [-0.25, -0.2) is 4.21 Å². The second-order valence-corrected chi connectivity index (χ2v) is 5.64. The van der Waals surface area contributed by atoms with Gasteiger partial charge in [-0.15, -0.1) is 0 Å². The zero-order valence-electron chi connectivity index (χ0n) is 7.43. The van der Waals surface area contributed by atoms with Gasteiger partial charge in [-0.2, -0.15) is 0 Å². The van der Waals surface area contributed by atoms with Crippen molar-refractivity contribution in [2.45, 2.75) is 4.90 Å². The first-order chi connectivity index (χ1) is 5.91. The van der Waals surface area contributed by atoms with Crippen molar-refractivity contribution in [3.63, 3.8) is 0 Å². The van der Waals surface area contributed by atoms with Crippen LogP contribution >= 0.6 is 0 Å². The summed E-state index contributed by atoms with van der Waals surface area (Å²) in [6, 6.07) is 6.67. The average Bonchev–Trinajstić information content (AvgIpc) is 2.03. The number of anilines is 1. The van der Waals surface area contributed by atoms with Crippen LogP contribution in [0, 0.1) is 0 Å². The van der Waals surface area contributed by atoms with Gasteiger partial charge < -0.3 is 9.45 Å². The van der Waals surface area contributed by atoms with Crippen molar-refractivity contribution in [1.29, 1.82) is 0 Å². The van der Waals surface area contributed by atoms with Gasteiger partial charge in [0.05, 0.1) is 4.90 Å². The maximum absolute atomic E-state index is 11.0. The molecule has 0 aliphatic heterocycles. The predicted molar refractivity (Wildman–Crippen MR) is 57.2 cm³/mol. The van der Waals surface area contributed by atoms with Crippen LogP contribution in [0.15, 0.2) is 29.2 Å². The van der Waals surface area contributed by atoms with Crippen molar-refractivity contribution >= 4 is 25.6 Å². The molecule has 1 unspecified atom stereocenters. The largest absolute Gasteiger partial charge is 0.378 e. The van der Waals surface area contributed by atoms with E-state index in [0.29, 0.717) is 0 Å². The van der Waals surface area contributed by atoms with Crippen molar-refractivity contribution < 1.29 is 8.76 Å². The molecule has 1 aromatic rings. The Balaban J connectivity index is 3.08. The van der Waals surface area contributed by atoms with Gasteiger partial charge in [0.15, 0.2) is 8.77 Å². The Morgan fingerprint density at radius 1 is 1.31 bits per heavy atom. The van der Waals surface area contributed by atoms with Crippen LogP contribution in [-0.2, 0) is 20.0 Å². The molecule has 0 aromatic heterocycles. The first-order valence-electron chi connectivity index (χ1n) is 3.66. The van der Waals surface area contributed by atoms with Crippen LogP contribution in [0.4, 0.5) is 5.69 Å². The maximum atomic E-state index is 11.0. The molecule has 0 amide bonds. The molecule has 0 heterocycles. The smallest absolute Gasteiger partial charge is 0.171 e. The standard InChI is InChI=1S/C8H11NO2S2/c1-9(2)7-3-5-8(6-4-7)13(10,11)12/h3-6H,1-2H3,(H,10,11,12). The summed E-state index contributed by atoms with van der Waals surface area (Å²) in [5, 5.41) is 0. The van der Waals surface area contributed by atoms with Crippen LogP contribution < -0.4 is 4.90 Å². The molecule has 1 rings (SSSR count). The van der Waals surface area contributed by atoms with Gasteiger partial charge in [0.1, 0.15) is 0 Å². The second-order valence-electron chi connectivity index (χ2n) is 2.86. The number of nitrogens with zero attached hydrogens (tertiary/aromatic N) is 1. The fraction of sp³-hybridized carbons (Fsp3) is 0.250. The van der Waals surface area contributed by atoms with Crippen LogP contribution in [0.1, 0.15) is 0 Å². The van der Waals surface area contributed by atoms with Crippen molar-refractivity contribution in [2.75, 3.05) is 19.0 Å². The summed E-state index contributed by atoms with van der Waals surface area (Å²) in [4.78, 5) is 2.19. The molecular weight excluding hydrogens is 206 g/mol. The summed E-state index contributed by atoms with van der Waals surface area (Å²) in [6.07, 6.45) is 0. The molecule has 0 saturated heterocycles. The second kappa shape index (κ2) is 3.61. The lowest BCUT2D eigenvalue weighted by molar-refractivity contribution is 0.561. The third kappa shape index (κ3) is 2.65. The third-order valence-corrected chi connectivity index (χ3v) is 3.10. The van der Waals surface area contributed by atoms with Gasteiger partial charge in [-0.05, 0) is 24.3 Å². The molecule has 0 bridgehead atoms. The molecule has 3 nitrogen and oxygen atoms in total. The van der Waals surface area contributed by atoms with E-state index in [1.807, 2.05) is 19.0 Å². The molecule has 0 saturated carbocycles. The lowest BCUT2D eigenvalue weighted by Crippen LogP contribution is -2.08. The van der Waals surface area contributed by atoms with Crippen LogP contribution in [-0.4, -0.2) is 22.9 Å². The molecule has 72 valence electrons. The lowest BCUT2D eigenvalue weighted by Gasteiger charge is -2.12. The van der Waals surface area contributed by atoms with Gasteiger partial charge in [0.2, 0.25) is 0 Å². The van der Waals surface area contributed by atoms with Crippen molar-refractivity contribution in [1.82, 2.24) is 0 Å². The molecule has 1 aromatic carbocycles. The average molecular weight is 217 g/mol. The molecule has 5 heteroatoms. The minimum absolute atomic E-state index is 0.285. The predicted octanol–water partition coefficient (Wildman–Crippen LogP) is 1.33. The fourth-order valence-corrected chi connectivity index (χ4v) is 1.73. The van der Waals surface area contributed by atoms with Crippen LogP contribution in [0.5, 0.6) is 0 Å². The first kappa shape index (κ1) is 10.4. The van der Waals surface area contributed by atoms with Gasteiger partial charge in [-0.1, -0.05) is 0 Å². The Morgan fingerprint density at radius 3 is 2.08 bits per heavy atom. The van der Waals surface area contributed by atoms with E-state index in [1.165, 1.54) is 0 Å². The Bertz CT molecular complexity index is 381. The molecule has 0 radical (unpaired) electrons. The Labute approximate surface area is 82.9 Å². The molecule has 0 aliphatic rings. The van der Waals surface area contributed by atoms with Gasteiger partial charge in [0.25, 0.3) is 0 Å². The van der Waals surface area contributed by atoms with Crippen LogP contribution in [0.25, 0.3) is 0 Å². The zero-order chi connectivity index (χ0) is 10.1.